The van der Waals surface area contributed by atoms with Crippen LogP contribution in [0, 0.1) is 13.8 Å². The number of anilines is 1. The van der Waals surface area contributed by atoms with Gasteiger partial charge >= 0.3 is 0 Å². The molecule has 128 valence electrons. The highest BCUT2D eigenvalue weighted by molar-refractivity contribution is 6.14. The number of hydrogen-bond acceptors (Lipinski definition) is 4. The highest BCUT2D eigenvalue weighted by Crippen LogP contribution is 2.31. The average Bonchev–Trinajstić information content (AvgIpc) is 3.06. The molecule has 2 aromatic heterocycles. The van der Waals surface area contributed by atoms with Gasteiger partial charge in [-0.3, -0.25) is 4.79 Å². The van der Waals surface area contributed by atoms with Gasteiger partial charge in [0, 0.05) is 16.9 Å². The van der Waals surface area contributed by atoms with Crippen LogP contribution < -0.4 is 5.32 Å². The number of hydrogen-bond donors (Lipinski definition) is 1. The monoisotopic (exact) mass is 343 g/mol. The van der Waals surface area contributed by atoms with E-state index in [2.05, 4.69) is 15.5 Å². The van der Waals surface area contributed by atoms with Crippen LogP contribution in [0.2, 0.25) is 0 Å². The Morgan fingerprint density at radius 1 is 1.00 bits per heavy atom. The second-order valence-corrected chi connectivity index (χ2v) is 6.21. The molecule has 0 unspecified atom stereocenters. The van der Waals surface area contributed by atoms with Crippen LogP contribution in [0.3, 0.4) is 0 Å². The SMILES string of the molecule is Cc1ccc(-c2noc3nc(C)cc(C(=O)Nc4ccccc4)c23)cc1. The van der Waals surface area contributed by atoms with Gasteiger partial charge in [-0.15, -0.1) is 0 Å². The maximum atomic E-state index is 12.9. The summed E-state index contributed by atoms with van der Waals surface area (Å²) in [5.74, 6) is -0.219. The predicted octanol–water partition coefficient (Wildman–Crippen LogP) is 4.76. The van der Waals surface area contributed by atoms with Crippen molar-refractivity contribution in [2.45, 2.75) is 13.8 Å². The maximum absolute atomic E-state index is 12.9. The maximum Gasteiger partial charge on any atom is 0.259 e. The van der Waals surface area contributed by atoms with Gasteiger partial charge in [0.2, 0.25) is 0 Å². The van der Waals surface area contributed by atoms with Gasteiger partial charge in [-0.05, 0) is 32.0 Å². The first-order valence-corrected chi connectivity index (χ1v) is 8.32. The molecule has 0 aliphatic heterocycles. The molecule has 2 aromatic carbocycles. The summed E-state index contributed by atoms with van der Waals surface area (Å²) in [6.45, 7) is 3.85. The largest absolute Gasteiger partial charge is 0.335 e. The van der Waals surface area contributed by atoms with Crippen molar-refractivity contribution in [1.29, 1.82) is 0 Å². The minimum Gasteiger partial charge on any atom is -0.335 e. The predicted molar refractivity (Wildman–Crippen MR) is 101 cm³/mol. The van der Waals surface area contributed by atoms with E-state index in [0.29, 0.717) is 28.1 Å². The van der Waals surface area contributed by atoms with Gasteiger partial charge in [-0.2, -0.15) is 0 Å². The highest BCUT2D eigenvalue weighted by atomic mass is 16.5. The first kappa shape index (κ1) is 16.0. The number of nitrogens with one attached hydrogen (secondary N) is 1. The van der Waals surface area contributed by atoms with Crippen LogP contribution in [0.5, 0.6) is 0 Å². The van der Waals surface area contributed by atoms with Crippen LogP contribution in [0.1, 0.15) is 21.6 Å². The number of amides is 1. The Kier molecular flexibility index (Phi) is 3.97. The molecule has 0 bridgehead atoms. The van der Waals surface area contributed by atoms with Gasteiger partial charge in [0.15, 0.2) is 0 Å². The quantitative estimate of drug-likeness (QED) is 0.582. The molecular formula is C21H17N3O2. The van der Waals surface area contributed by atoms with E-state index < -0.39 is 0 Å². The van der Waals surface area contributed by atoms with Gasteiger partial charge in [0.05, 0.1) is 10.9 Å². The van der Waals surface area contributed by atoms with Gasteiger partial charge < -0.3 is 9.84 Å². The number of nitrogens with zero attached hydrogens (tertiary/aromatic N) is 2. The second-order valence-electron chi connectivity index (χ2n) is 6.21. The van der Waals surface area contributed by atoms with Crippen LogP contribution in [0.4, 0.5) is 5.69 Å². The third kappa shape index (κ3) is 2.95. The summed E-state index contributed by atoms with van der Waals surface area (Å²) in [7, 11) is 0. The fourth-order valence-corrected chi connectivity index (χ4v) is 2.88. The molecule has 0 saturated heterocycles. The summed E-state index contributed by atoms with van der Waals surface area (Å²) in [5.41, 5.74) is 4.93. The van der Waals surface area contributed by atoms with Gasteiger partial charge in [-0.25, -0.2) is 4.98 Å². The summed E-state index contributed by atoms with van der Waals surface area (Å²) in [6.07, 6.45) is 0. The molecule has 0 radical (unpaired) electrons. The number of fused-ring (bicyclic) bond motifs is 1. The first-order valence-electron chi connectivity index (χ1n) is 8.32. The molecule has 0 fully saturated rings. The Bertz CT molecular complexity index is 1080. The van der Waals surface area contributed by atoms with Gasteiger partial charge in [0.1, 0.15) is 5.69 Å². The van der Waals surface area contributed by atoms with Crippen LogP contribution in [0.15, 0.2) is 65.2 Å². The lowest BCUT2D eigenvalue weighted by atomic mass is 10.0. The Labute approximate surface area is 150 Å². The number of carbonyl (C=O) groups excluding carboxylic acids is 1. The molecule has 0 aliphatic carbocycles. The topological polar surface area (TPSA) is 68.0 Å². The molecule has 4 rings (SSSR count). The Morgan fingerprint density at radius 2 is 1.73 bits per heavy atom. The summed E-state index contributed by atoms with van der Waals surface area (Å²) >= 11 is 0. The van der Waals surface area contributed by atoms with Crippen molar-refractivity contribution in [3.8, 4) is 11.3 Å². The molecule has 0 aliphatic rings. The fraction of sp³-hybridized carbons (Fsp3) is 0.0952. The van der Waals surface area contributed by atoms with Crippen molar-refractivity contribution in [2.24, 2.45) is 0 Å². The normalized spacial score (nSPS) is 10.8. The Hall–Kier alpha value is -3.47. The van der Waals surface area contributed by atoms with Crippen molar-refractivity contribution < 1.29 is 9.32 Å². The number of pyridine rings is 1. The number of rotatable bonds is 3. The molecule has 5 heteroatoms. The molecule has 0 atom stereocenters. The summed E-state index contributed by atoms with van der Waals surface area (Å²) in [4.78, 5) is 17.3. The molecule has 1 N–H and O–H groups in total. The lowest BCUT2D eigenvalue weighted by molar-refractivity contribution is 0.102. The fourth-order valence-electron chi connectivity index (χ4n) is 2.88. The Morgan fingerprint density at radius 3 is 2.46 bits per heavy atom. The number of aromatic nitrogens is 2. The number of aryl methyl sites for hydroxylation is 2. The van der Waals surface area contributed by atoms with E-state index in [1.807, 2.05) is 68.4 Å². The van der Waals surface area contributed by atoms with Gasteiger partial charge in [-0.1, -0.05) is 53.2 Å². The number of benzene rings is 2. The standard InChI is InChI=1S/C21H17N3O2/c1-13-8-10-15(11-9-13)19-18-17(12-14(2)22-21(18)26-24-19)20(25)23-16-6-4-3-5-7-16/h3-12H,1-2H3,(H,23,25). The van der Waals surface area contributed by atoms with Crippen LogP contribution in [-0.2, 0) is 0 Å². The zero-order chi connectivity index (χ0) is 18.1. The van der Waals surface area contributed by atoms with E-state index in [9.17, 15) is 4.79 Å². The lowest BCUT2D eigenvalue weighted by Gasteiger charge is -2.07. The summed E-state index contributed by atoms with van der Waals surface area (Å²) in [5, 5.41) is 7.71. The van der Waals surface area contributed by atoms with E-state index in [4.69, 9.17) is 4.52 Å². The van der Waals surface area contributed by atoms with E-state index in [0.717, 1.165) is 16.8 Å². The highest BCUT2D eigenvalue weighted by Gasteiger charge is 2.21. The average molecular weight is 343 g/mol. The summed E-state index contributed by atoms with van der Waals surface area (Å²) < 4.78 is 5.41. The van der Waals surface area contributed by atoms with Crippen LogP contribution >= 0.6 is 0 Å². The number of carbonyl (C=O) groups is 1. The minimum absolute atomic E-state index is 0.219. The molecule has 26 heavy (non-hydrogen) atoms. The van der Waals surface area contributed by atoms with Crippen molar-refractivity contribution in [2.75, 3.05) is 5.32 Å². The zero-order valence-electron chi connectivity index (χ0n) is 14.5. The van der Waals surface area contributed by atoms with E-state index >= 15 is 0 Å². The molecule has 0 spiro atoms. The van der Waals surface area contributed by atoms with E-state index in [1.54, 1.807) is 6.07 Å². The smallest absolute Gasteiger partial charge is 0.259 e. The second kappa shape index (κ2) is 6.44. The molecule has 2 heterocycles. The van der Waals surface area contributed by atoms with Crippen molar-refractivity contribution in [1.82, 2.24) is 10.1 Å². The Balaban J connectivity index is 1.84. The van der Waals surface area contributed by atoms with Crippen molar-refractivity contribution in [3.05, 3.63) is 77.5 Å². The van der Waals surface area contributed by atoms with Crippen molar-refractivity contribution >= 4 is 22.7 Å². The zero-order valence-corrected chi connectivity index (χ0v) is 14.5. The van der Waals surface area contributed by atoms with E-state index in [1.165, 1.54) is 0 Å². The molecular weight excluding hydrogens is 326 g/mol. The van der Waals surface area contributed by atoms with Crippen LogP contribution in [-0.4, -0.2) is 16.0 Å². The van der Waals surface area contributed by atoms with Crippen LogP contribution in [0.25, 0.3) is 22.4 Å². The molecule has 0 saturated carbocycles. The number of para-hydroxylation sites is 1. The molecule has 1 amide bonds. The lowest BCUT2D eigenvalue weighted by Crippen LogP contribution is -2.13. The van der Waals surface area contributed by atoms with Crippen molar-refractivity contribution in [3.63, 3.8) is 0 Å². The van der Waals surface area contributed by atoms with E-state index in [-0.39, 0.29) is 5.91 Å². The molecule has 4 aromatic rings. The summed E-state index contributed by atoms with van der Waals surface area (Å²) in [6, 6.07) is 19.0. The third-order valence-corrected chi connectivity index (χ3v) is 4.18. The third-order valence-electron chi connectivity index (χ3n) is 4.18. The first-order chi connectivity index (χ1) is 12.6. The minimum atomic E-state index is -0.219. The van der Waals surface area contributed by atoms with Gasteiger partial charge in [0.25, 0.3) is 11.6 Å². The molecule has 5 nitrogen and oxygen atoms in total.